The topological polar surface area (TPSA) is 748 Å². The molecule has 115 heavy (non-hydrogen) atoms. The third kappa shape index (κ3) is 32.5. The Morgan fingerprint density at radius 2 is 1.11 bits per heavy atom. The fourth-order valence-corrected chi connectivity index (χ4v) is 11.1. The second-order valence-electron chi connectivity index (χ2n) is 26.5. The summed E-state index contributed by atoms with van der Waals surface area (Å²) in [6.45, 7) is 1.39. The van der Waals surface area contributed by atoms with E-state index < -0.39 is 255 Å². The molecule has 43 nitrogen and oxygen atoms in total. The van der Waals surface area contributed by atoms with E-state index >= 15 is 0 Å². The van der Waals surface area contributed by atoms with Crippen molar-refractivity contribution in [1.29, 1.82) is 5.41 Å². The molecule has 3 aromatic rings. The molecule has 13 atom stereocenters. The standard InChI is InChI=1S/C72H101N17O26/c1-5-6-7-8-9-10-11-22-53(93)81-44(25-38-31-76-42-20-15-13-17-39(38)42)66(108)84-45(27-52(75)92)67(109)86-48(30-59(102)103)68(110)89-61-37(4)115-72(114)49(26-51(91)40-18-12-14-19-41(40)74)87-71(113)60(35(2)24-56(96)97)88-69(111)50(34-90)82-55(95)32-77-63(105)46(28-57(98)99)83-62(104)36(3)79-65(107)47(29-58(100)101)85-64(106)43(21-16-23-73)80-54(94)33-78-70(61)112/h12-15,17-20,31,35-37,43-50,60-61,76,90H,5-11,16,21-30,32-34,73-74H2,1-4H3,(H2,75,92)(H,77,105)(H,78,112)(H,79,107)(H,80,94)(H,81,93)(H,82,95)(H,83,104)(H,84,108)(H,85,106)(H,86,109)(H,87,113)(H,88,111)(H,89,110)(H,96,97)(H,98,99)(H,100,101)(H,102,103)/t35?,36?,37?,43?,44?,45?,46?,47-,48?,49-,50+,60-,61?/m1/s1. The summed E-state index contributed by atoms with van der Waals surface area (Å²) in [6.07, 6.45) is -1.59. The number of nitrogens with zero attached hydrogens (tertiary/aromatic N) is 13. The molecule has 9 unspecified atom stereocenters. The minimum atomic E-state index is -2.42. The highest BCUT2D eigenvalue weighted by Crippen LogP contribution is 2.25. The maximum Gasteiger partial charge on any atom is 0.331 e. The molecule has 2 aromatic carbocycles. The Bertz CT molecular complexity index is 4260. The van der Waals surface area contributed by atoms with Crippen LogP contribution < -0.4 is 11.5 Å². The number of nitrogens with two attached hydrogens (primary N) is 2. The van der Waals surface area contributed by atoms with Crippen molar-refractivity contribution >= 4 is 135 Å². The number of hydrogen-bond donors (Lipinski definition) is 23. The van der Waals surface area contributed by atoms with Gasteiger partial charge in [-0.15, -0.1) is 0 Å². The SMILES string of the molecule is CCCCCCCCCC(O)=NC(Cc1c[nH]c2ccccc12)C(O)=NC(CC(=N)O)C(O)=NC(CC(=O)O)C(O)=NC1C(O)=NCC(O)=NC(CCCN)C(O)=N[C@H](CC(=O)O)C(O)=NC(C)C(O)=NC(CC(=O)O)C(O)=NCC(O)=N[C@@H](CO)C(O)=N[C@H](C(C)CC(=O)O)C(O)=N[C@H](CC(=O)c2ccccc2N)C(=O)OC1C. The number of ketones is 1. The quantitative estimate of drug-likeness (QED) is 0.00761. The first-order valence-corrected chi connectivity index (χ1v) is 36.3. The number of aliphatic hydroxyl groups is 15. The van der Waals surface area contributed by atoms with Gasteiger partial charge >= 0.3 is 29.8 Å². The zero-order chi connectivity index (χ0) is 85.8. The van der Waals surface area contributed by atoms with Crippen LogP contribution in [0.15, 0.2) is 120 Å². The molecule has 0 fully saturated rings. The number of anilines is 1. The first-order valence-electron chi connectivity index (χ1n) is 36.3. The van der Waals surface area contributed by atoms with Crippen LogP contribution >= 0.6 is 0 Å². The number of hydrogen-bond acceptors (Lipinski definition) is 24. The summed E-state index contributed by atoms with van der Waals surface area (Å²) in [5.74, 6) is -27.5. The van der Waals surface area contributed by atoms with E-state index in [1.54, 1.807) is 30.5 Å². The second kappa shape index (κ2) is 47.6. The van der Waals surface area contributed by atoms with Crippen molar-refractivity contribution in [3.8, 4) is 0 Å². The van der Waals surface area contributed by atoms with Gasteiger partial charge in [0.15, 0.2) is 35.7 Å². The van der Waals surface area contributed by atoms with E-state index in [4.69, 9.17) is 21.6 Å². The number of benzene rings is 2. The molecule has 0 saturated heterocycles. The second-order valence-corrected chi connectivity index (χ2v) is 26.5. The van der Waals surface area contributed by atoms with Gasteiger partial charge in [-0.25, -0.2) is 69.7 Å². The Hall–Kier alpha value is -12.7. The highest BCUT2D eigenvalue weighted by atomic mass is 16.5. The summed E-state index contributed by atoms with van der Waals surface area (Å²) in [5.41, 5.74) is 12.7. The van der Waals surface area contributed by atoms with E-state index in [9.17, 15) is 126 Å². The van der Waals surface area contributed by atoms with Gasteiger partial charge in [-0.1, -0.05) is 82.7 Å². The number of fused-ring (bicyclic) bond motifs is 1. The van der Waals surface area contributed by atoms with Crippen molar-refractivity contribution in [2.45, 2.75) is 209 Å². The Morgan fingerprint density at radius 3 is 1.71 bits per heavy atom. The van der Waals surface area contributed by atoms with Gasteiger partial charge in [-0.2, -0.15) is 0 Å². The maximum absolute atomic E-state index is 14.9. The van der Waals surface area contributed by atoms with Crippen LogP contribution in [-0.4, -0.2) is 319 Å². The van der Waals surface area contributed by atoms with E-state index in [2.05, 4.69) is 76.8 Å². The number of rotatable bonds is 35. The van der Waals surface area contributed by atoms with Crippen LogP contribution in [0.25, 0.3) is 10.9 Å². The van der Waals surface area contributed by atoms with Crippen LogP contribution in [0.4, 0.5) is 5.69 Å². The fourth-order valence-electron chi connectivity index (χ4n) is 11.1. The Labute approximate surface area is 657 Å². The maximum atomic E-state index is 14.9. The summed E-state index contributed by atoms with van der Waals surface area (Å²) in [7, 11) is 0. The molecule has 43 heteroatoms. The predicted octanol–water partition coefficient (Wildman–Crippen LogP) is 6.35. The third-order valence-electron chi connectivity index (χ3n) is 17.1. The monoisotopic (exact) mass is 1620 g/mol. The van der Waals surface area contributed by atoms with Gasteiger partial charge < -0.3 is 118 Å². The molecule has 0 spiro atoms. The molecule has 0 aliphatic carbocycles. The molecule has 1 aliphatic rings. The number of aliphatic imine (C=N–C) groups is 13. The number of ether oxygens (including phenoxy) is 1. The van der Waals surface area contributed by atoms with Gasteiger partial charge in [-0.3, -0.25) is 29.4 Å². The summed E-state index contributed by atoms with van der Waals surface area (Å²) >= 11 is 0. The first-order chi connectivity index (χ1) is 54.4. The number of aliphatic carboxylic acids is 4. The number of esters is 1. The van der Waals surface area contributed by atoms with Crippen LogP contribution in [0.1, 0.15) is 146 Å². The molecule has 0 bridgehead atoms. The Kier molecular flexibility index (Phi) is 39.2. The summed E-state index contributed by atoms with van der Waals surface area (Å²) < 4.78 is 5.72. The zero-order valence-electron chi connectivity index (χ0n) is 63.4. The van der Waals surface area contributed by atoms with E-state index in [-0.39, 0.29) is 43.5 Å². The Balaban J connectivity index is 2.11. The minimum Gasteiger partial charge on any atom is -0.497 e. The van der Waals surface area contributed by atoms with Gasteiger partial charge in [-0.05, 0) is 69.3 Å². The highest BCUT2D eigenvalue weighted by molar-refractivity contribution is 6.04. The summed E-state index contributed by atoms with van der Waals surface area (Å²) in [4.78, 5) is 132. The van der Waals surface area contributed by atoms with Crippen molar-refractivity contribution in [1.82, 2.24) is 4.98 Å². The number of cyclic esters (lactones) is 1. The van der Waals surface area contributed by atoms with E-state index in [0.717, 1.165) is 59.3 Å². The van der Waals surface area contributed by atoms with Gasteiger partial charge in [0.2, 0.25) is 70.8 Å². The lowest BCUT2D eigenvalue weighted by Crippen LogP contribution is -2.40. The molecule has 25 N–H and O–H groups in total. The number of para-hydroxylation sites is 2. The average Bonchev–Trinajstić information content (AvgIpc) is 1.72. The first kappa shape index (κ1) is 94.7. The lowest BCUT2D eigenvalue weighted by molar-refractivity contribution is -0.150. The Morgan fingerprint density at radius 1 is 0.574 bits per heavy atom. The van der Waals surface area contributed by atoms with Gasteiger partial charge in [0.05, 0.1) is 38.7 Å². The number of aliphatic hydroxyl groups excluding tert-OH is 15. The van der Waals surface area contributed by atoms with Gasteiger partial charge in [0, 0.05) is 47.6 Å². The molecule has 0 radical (unpaired) electrons. The lowest BCUT2D eigenvalue weighted by atomic mass is 9.97. The third-order valence-corrected chi connectivity index (χ3v) is 17.1. The van der Waals surface area contributed by atoms with Crippen molar-refractivity contribution in [2.24, 2.45) is 76.6 Å². The smallest absolute Gasteiger partial charge is 0.331 e. The van der Waals surface area contributed by atoms with Crippen LogP contribution in [0, 0.1) is 11.3 Å². The van der Waals surface area contributed by atoms with Crippen molar-refractivity contribution in [3.63, 3.8) is 0 Å². The molecular formula is C72H101N17O26. The molecule has 630 valence electrons. The zero-order valence-corrected chi connectivity index (χ0v) is 63.4. The lowest BCUT2D eigenvalue weighted by Gasteiger charge is -2.24. The van der Waals surface area contributed by atoms with Gasteiger partial charge in [0.25, 0.3) is 0 Å². The highest BCUT2D eigenvalue weighted by Gasteiger charge is 2.37. The van der Waals surface area contributed by atoms with Crippen molar-refractivity contribution in [2.75, 3.05) is 32.0 Å². The molecule has 0 saturated carbocycles. The molecule has 1 aliphatic heterocycles. The van der Waals surface area contributed by atoms with Gasteiger partial charge in [0.1, 0.15) is 67.5 Å². The van der Waals surface area contributed by atoms with Crippen LogP contribution in [0.2, 0.25) is 0 Å². The number of nitrogens with one attached hydrogen (secondary N) is 2. The van der Waals surface area contributed by atoms with Crippen LogP contribution in [0.3, 0.4) is 0 Å². The number of carbonyl (C=O) groups excluding carboxylic acids is 2. The summed E-state index contributed by atoms with van der Waals surface area (Å²) in [5, 5.41) is 218. The van der Waals surface area contributed by atoms with Crippen LogP contribution in [0.5, 0.6) is 0 Å². The van der Waals surface area contributed by atoms with E-state index in [0.29, 0.717) is 22.9 Å². The number of carboxylic acids is 4. The normalized spacial score (nSPS) is 22.1. The number of carboxylic acid groups (broad SMARTS) is 4. The molecule has 0 amide bonds. The molecular weight excluding hydrogens is 1520 g/mol. The molecule has 4 rings (SSSR count). The minimum absolute atomic E-state index is 0.0508. The summed E-state index contributed by atoms with van der Waals surface area (Å²) in [6, 6.07) is -10.1. The van der Waals surface area contributed by atoms with Crippen LogP contribution in [-0.2, 0) is 35.1 Å². The van der Waals surface area contributed by atoms with E-state index in [1.807, 2.05) is 0 Å². The number of aromatic nitrogens is 1. The molecule has 2 heterocycles. The number of H-pyrrole nitrogens is 1. The number of aromatic amines is 1. The number of Topliss-reactive ketones (excluding diaryl/α,β-unsaturated/α-hetero) is 1. The fraction of sp³-hybridized carbons (Fsp3) is 0.528. The van der Waals surface area contributed by atoms with Crippen molar-refractivity contribution < 1.29 is 131 Å². The van der Waals surface area contributed by atoms with E-state index in [1.165, 1.54) is 24.3 Å². The van der Waals surface area contributed by atoms with Crippen molar-refractivity contribution in [3.05, 3.63) is 65.9 Å². The molecule has 1 aromatic heterocycles. The largest absolute Gasteiger partial charge is 0.497 e. The average molecular weight is 1620 g/mol. The number of carbonyl (C=O) groups is 6. The predicted molar refractivity (Wildman–Crippen MR) is 426 cm³/mol. The number of nitrogen functional groups attached to an aromatic ring is 1. The number of unbranched alkanes of at least 4 members (excludes halogenated alkanes) is 6.